The fraction of sp³-hybridized carbons (Fsp3) is 0.227. The molecule has 0 aliphatic heterocycles. The maximum absolute atomic E-state index is 13.7. The van der Waals surface area contributed by atoms with Crippen molar-refractivity contribution in [3.8, 4) is 33.9 Å². The number of benzene rings is 6. The van der Waals surface area contributed by atoms with Crippen molar-refractivity contribution in [2.75, 3.05) is 0 Å². The Balaban J connectivity index is 0.000000204. The maximum atomic E-state index is 13.7. The molecule has 0 aliphatic rings. The number of fused-ring (bicyclic) bond motifs is 2. The number of aryl methyl sites for hydroxylation is 2. The summed E-state index contributed by atoms with van der Waals surface area (Å²) in [5, 5.41) is 26.9. The van der Waals surface area contributed by atoms with Crippen LogP contribution in [0.25, 0.3) is 55.4 Å². The van der Waals surface area contributed by atoms with E-state index in [2.05, 4.69) is 10.3 Å². The minimum Gasteiger partial charge on any atom is -0.481 e. The summed E-state index contributed by atoms with van der Waals surface area (Å²) < 4.78 is 105. The van der Waals surface area contributed by atoms with Crippen LogP contribution in [0.4, 0.5) is 30.7 Å². The van der Waals surface area contributed by atoms with Gasteiger partial charge in [0.15, 0.2) is 0 Å². The van der Waals surface area contributed by atoms with E-state index in [9.17, 15) is 49.9 Å². The first-order valence-electron chi connectivity index (χ1n) is 27.4. The van der Waals surface area contributed by atoms with Crippen LogP contribution in [0, 0.1) is 23.3 Å². The van der Waals surface area contributed by atoms with E-state index in [-0.39, 0.29) is 47.4 Å². The molecule has 4 aromatic heterocycles. The third kappa shape index (κ3) is 17.4. The zero-order valence-electron chi connectivity index (χ0n) is 47.2. The Bertz CT molecular complexity index is 4170. The number of aromatic nitrogens is 4. The molecule has 10 aromatic rings. The van der Waals surface area contributed by atoms with Gasteiger partial charge in [0.2, 0.25) is 0 Å². The van der Waals surface area contributed by atoms with Gasteiger partial charge in [-0.1, -0.05) is 46.7 Å². The summed E-state index contributed by atoms with van der Waals surface area (Å²) >= 11 is 0. The minimum atomic E-state index is -5.08. The van der Waals surface area contributed by atoms with Crippen LogP contribution in [-0.4, -0.2) is 59.3 Å². The molecule has 450 valence electrons. The molecule has 0 radical (unpaired) electrons. The number of carboxylic acid groups (broad SMARTS) is 2. The van der Waals surface area contributed by atoms with Crippen molar-refractivity contribution in [1.82, 2.24) is 19.4 Å². The molecule has 87 heavy (non-hydrogen) atoms. The highest BCUT2D eigenvalue weighted by Crippen LogP contribution is 2.29. The average Bonchev–Trinajstić information content (AvgIpc) is 1.09. The second-order valence-electron chi connectivity index (χ2n) is 21.3. The number of carbonyl (C=O) groups excluding carboxylic acids is 1. The van der Waals surface area contributed by atoms with Crippen molar-refractivity contribution >= 4 is 39.5 Å². The van der Waals surface area contributed by atoms with Crippen molar-refractivity contribution in [3.05, 3.63) is 236 Å². The lowest BCUT2D eigenvalue weighted by molar-refractivity contribution is -0.192. The van der Waals surface area contributed by atoms with E-state index in [0.29, 0.717) is 108 Å². The fourth-order valence-corrected chi connectivity index (χ4v) is 9.40. The normalized spacial score (nSPS) is 11.4. The van der Waals surface area contributed by atoms with Gasteiger partial charge in [-0.25, -0.2) is 22.4 Å². The molecule has 10 rings (SSSR count). The van der Waals surface area contributed by atoms with Crippen molar-refractivity contribution in [3.63, 3.8) is 0 Å². The Morgan fingerprint density at radius 3 is 1.23 bits per heavy atom. The van der Waals surface area contributed by atoms with Gasteiger partial charge in [0.1, 0.15) is 51.8 Å². The molecule has 6 aromatic carbocycles. The van der Waals surface area contributed by atoms with Gasteiger partial charge in [-0.05, 0) is 190 Å². The predicted molar refractivity (Wildman–Crippen MR) is 311 cm³/mol. The zero-order valence-corrected chi connectivity index (χ0v) is 47.2. The van der Waals surface area contributed by atoms with E-state index < -0.39 is 29.5 Å². The smallest absolute Gasteiger partial charge is 0.481 e. The first-order valence-corrected chi connectivity index (χ1v) is 27.4. The number of nitrogens with zero attached hydrogens (tertiary/aromatic N) is 4. The molecule has 0 saturated heterocycles. The molecule has 0 aliphatic carbocycles. The monoisotopic (exact) mass is 1200 g/mol. The lowest BCUT2D eigenvalue weighted by Gasteiger charge is -2.19. The molecule has 0 saturated carbocycles. The first-order chi connectivity index (χ1) is 41.4. The van der Waals surface area contributed by atoms with Crippen molar-refractivity contribution < 1.29 is 69.1 Å². The summed E-state index contributed by atoms with van der Waals surface area (Å²) in [5.74, 6) is -4.01. The standard InChI is InChI=1S/C34H32F2N2O4.C30H24F2N2O4.C2HF3O2/c1-34(2,3)41-32(39)7-5-4-6-28-20-24-19-23(31-21-29(42-37-31)18-22-8-11-25(35)12-9-22)10-17-30(24)33(40)38(28)27-15-13-26(36)14-16-27;31-22-8-5-19(6-9-22)15-26-18-28(33-38-26)20-7-14-27-21(16-20)17-25(3-1-2-4-29(35)36)34(30(27)37)24-12-10-23(32)11-13-24;3-2(4,5)1(6)7/h8-17,19-21H,4-7,18H2,1-3H3;5-14,16-18H,1-4,15H2,(H,35,36);(H,6,7). The molecule has 0 spiro atoms. The van der Waals surface area contributed by atoms with Gasteiger partial charge in [-0.3, -0.25) is 28.3 Å². The van der Waals surface area contributed by atoms with Crippen LogP contribution in [0.3, 0.4) is 0 Å². The third-order valence-electron chi connectivity index (χ3n) is 13.5. The van der Waals surface area contributed by atoms with Crippen LogP contribution in [-0.2, 0) is 44.8 Å². The Labute approximate surface area is 492 Å². The summed E-state index contributed by atoms with van der Waals surface area (Å²) in [6.45, 7) is 5.50. The number of alkyl halides is 3. The number of hydrogen-bond donors (Lipinski definition) is 2. The summed E-state index contributed by atoms with van der Waals surface area (Å²) in [4.78, 5) is 59.3. The number of carboxylic acids is 2. The summed E-state index contributed by atoms with van der Waals surface area (Å²) in [6.07, 6.45) is -0.517. The molecule has 0 bridgehead atoms. The number of halogens is 7. The number of hydrogen-bond acceptors (Lipinski definition) is 10. The molecule has 0 atom stereocenters. The highest BCUT2D eigenvalue weighted by atomic mass is 19.4. The van der Waals surface area contributed by atoms with Gasteiger partial charge in [-0.15, -0.1) is 0 Å². The van der Waals surface area contributed by atoms with Crippen molar-refractivity contribution in [2.45, 2.75) is 96.8 Å². The SMILES string of the molecule is CC(C)(C)OC(=O)CCCCc1cc2cc(-c3cc(Cc4ccc(F)cc4)on3)ccc2c(=O)n1-c1ccc(F)cc1.O=C(O)C(F)(F)F.O=C(O)CCCCc1cc2cc(-c3cc(Cc4ccc(F)cc4)on3)ccc2c(=O)n1-c1ccc(F)cc1. The van der Waals surface area contributed by atoms with Crippen LogP contribution < -0.4 is 11.1 Å². The number of unbranched alkanes of at least 4 members (excludes halogenated alkanes) is 2. The largest absolute Gasteiger partial charge is 0.490 e. The van der Waals surface area contributed by atoms with Gasteiger partial charge < -0.3 is 24.0 Å². The highest BCUT2D eigenvalue weighted by molar-refractivity contribution is 5.88. The van der Waals surface area contributed by atoms with Crippen molar-refractivity contribution in [2.24, 2.45) is 0 Å². The predicted octanol–water partition coefficient (Wildman–Crippen LogP) is 14.5. The Morgan fingerprint density at radius 2 is 0.874 bits per heavy atom. The molecule has 4 heterocycles. The van der Waals surface area contributed by atoms with Crippen LogP contribution in [0.1, 0.15) is 93.3 Å². The Morgan fingerprint density at radius 1 is 0.506 bits per heavy atom. The molecule has 0 unspecified atom stereocenters. The van der Waals surface area contributed by atoms with E-state index in [4.69, 9.17) is 28.8 Å². The van der Waals surface area contributed by atoms with Crippen LogP contribution in [0.2, 0.25) is 0 Å². The molecular weight excluding hydrogens is 1140 g/mol. The number of pyridine rings is 2. The highest BCUT2D eigenvalue weighted by Gasteiger charge is 2.38. The minimum absolute atomic E-state index is 0.0466. The Kier molecular flexibility index (Phi) is 20.2. The van der Waals surface area contributed by atoms with Gasteiger partial charge in [0, 0.05) is 82.5 Å². The lowest BCUT2D eigenvalue weighted by Crippen LogP contribution is -2.24. The molecule has 0 fully saturated rings. The van der Waals surface area contributed by atoms with E-state index in [1.54, 1.807) is 75.9 Å². The van der Waals surface area contributed by atoms with Gasteiger partial charge in [0.25, 0.3) is 11.1 Å². The molecule has 14 nitrogen and oxygen atoms in total. The van der Waals surface area contributed by atoms with Crippen LogP contribution in [0.5, 0.6) is 0 Å². The van der Waals surface area contributed by atoms with Gasteiger partial charge in [-0.2, -0.15) is 13.2 Å². The van der Waals surface area contributed by atoms with E-state index in [1.807, 2.05) is 63.2 Å². The van der Waals surface area contributed by atoms with Crippen molar-refractivity contribution in [1.29, 1.82) is 0 Å². The van der Waals surface area contributed by atoms with Gasteiger partial charge in [0.05, 0.1) is 0 Å². The van der Waals surface area contributed by atoms with E-state index >= 15 is 0 Å². The summed E-state index contributed by atoms with van der Waals surface area (Å²) in [6, 6.07) is 42.3. The lowest BCUT2D eigenvalue weighted by atomic mass is 10.0. The van der Waals surface area contributed by atoms with Crippen LogP contribution >= 0.6 is 0 Å². The van der Waals surface area contributed by atoms with E-state index in [0.717, 1.165) is 33.3 Å². The summed E-state index contributed by atoms with van der Waals surface area (Å²) in [7, 11) is 0. The number of rotatable bonds is 18. The zero-order chi connectivity index (χ0) is 62.6. The van der Waals surface area contributed by atoms with E-state index in [1.165, 1.54) is 48.5 Å². The third-order valence-corrected chi connectivity index (χ3v) is 13.5. The number of esters is 1. The average molecular weight is 1200 g/mol. The molecule has 2 N–H and O–H groups in total. The second-order valence-corrected chi connectivity index (χ2v) is 21.3. The fourth-order valence-electron chi connectivity index (χ4n) is 9.40. The number of aliphatic carboxylic acids is 2. The second kappa shape index (κ2) is 27.9. The summed E-state index contributed by atoms with van der Waals surface area (Å²) in [5.41, 5.74) is 6.12. The quantitative estimate of drug-likeness (QED) is 0.0469. The number of ether oxygens (including phenoxy) is 1. The Hall–Kier alpha value is -9.92. The molecular formula is C66H57F7N4O10. The molecule has 0 amide bonds. The van der Waals surface area contributed by atoms with Crippen LogP contribution in [0.15, 0.2) is 176 Å². The molecule has 21 heteroatoms. The topological polar surface area (TPSA) is 197 Å². The first kappa shape index (κ1) is 63.1. The number of carbonyl (C=O) groups is 3. The van der Waals surface area contributed by atoms with Gasteiger partial charge >= 0.3 is 24.1 Å². The maximum Gasteiger partial charge on any atom is 0.490 e.